The van der Waals surface area contributed by atoms with Crippen molar-refractivity contribution in [1.82, 2.24) is 0 Å². The molecule has 20 heavy (non-hydrogen) atoms. The second-order valence-corrected chi connectivity index (χ2v) is 7.63. The van der Waals surface area contributed by atoms with Crippen molar-refractivity contribution in [1.29, 1.82) is 0 Å². The van der Waals surface area contributed by atoms with Gasteiger partial charge in [0.15, 0.2) is 0 Å². The lowest BCUT2D eigenvalue weighted by molar-refractivity contribution is 0.0496. The molecule has 0 radical (unpaired) electrons. The Labute approximate surface area is 129 Å². The normalized spacial score (nSPS) is 35.1. The van der Waals surface area contributed by atoms with E-state index in [-0.39, 0.29) is 0 Å². The summed E-state index contributed by atoms with van der Waals surface area (Å²) in [6.45, 7) is 14.8. The van der Waals surface area contributed by atoms with Gasteiger partial charge in [0.2, 0.25) is 0 Å². The van der Waals surface area contributed by atoms with Gasteiger partial charge in [0.25, 0.3) is 0 Å². The molecule has 0 nitrogen and oxygen atoms in total. The third-order valence-electron chi connectivity index (χ3n) is 7.02. The lowest BCUT2D eigenvalue weighted by Crippen LogP contribution is -2.36. The Morgan fingerprint density at radius 1 is 0.850 bits per heavy atom. The fourth-order valence-corrected chi connectivity index (χ4v) is 5.34. The summed E-state index contributed by atoms with van der Waals surface area (Å²) in [6, 6.07) is 0. The van der Waals surface area contributed by atoms with Crippen LogP contribution in [-0.4, -0.2) is 0 Å². The summed E-state index contributed by atoms with van der Waals surface area (Å²) < 4.78 is 0. The summed E-state index contributed by atoms with van der Waals surface area (Å²) in [5.41, 5.74) is 0.623. The van der Waals surface area contributed by atoms with E-state index < -0.39 is 0 Å². The van der Waals surface area contributed by atoms with Crippen LogP contribution in [0.2, 0.25) is 0 Å². The molecule has 0 bridgehead atoms. The van der Waals surface area contributed by atoms with Crippen LogP contribution in [0.25, 0.3) is 0 Å². The quantitative estimate of drug-likeness (QED) is 0.504. The largest absolute Gasteiger partial charge is 0.0654 e. The first kappa shape index (κ1) is 18.1. The molecule has 0 aromatic rings. The maximum Gasteiger partial charge on any atom is -0.0249 e. The van der Waals surface area contributed by atoms with Crippen LogP contribution in [0.4, 0.5) is 0 Å². The van der Waals surface area contributed by atoms with E-state index in [0.717, 1.165) is 23.7 Å². The highest BCUT2D eigenvalue weighted by Gasteiger charge is 2.40. The molecule has 0 saturated heterocycles. The maximum atomic E-state index is 2.57. The van der Waals surface area contributed by atoms with Gasteiger partial charge in [-0.3, -0.25) is 0 Å². The zero-order chi connectivity index (χ0) is 15.2. The first-order valence-corrected chi connectivity index (χ1v) is 9.55. The standard InChI is InChI=1S/C20H40/c1-7-11-19-15-12-16(5)18(8-2)14-13-17(6)20(19,9-3)10-4/h16-19H,7-15H2,1-6H3. The van der Waals surface area contributed by atoms with Crippen LogP contribution in [0.3, 0.4) is 0 Å². The van der Waals surface area contributed by atoms with Gasteiger partial charge in [-0.05, 0) is 61.2 Å². The van der Waals surface area contributed by atoms with E-state index in [1.54, 1.807) is 0 Å². The molecule has 1 aliphatic carbocycles. The van der Waals surface area contributed by atoms with Crippen molar-refractivity contribution < 1.29 is 0 Å². The molecule has 0 aliphatic heterocycles. The Morgan fingerprint density at radius 2 is 1.50 bits per heavy atom. The second-order valence-electron chi connectivity index (χ2n) is 7.63. The SMILES string of the molecule is CCCC1CCC(C)C(CC)CCC(C)C1(CC)CC. The van der Waals surface area contributed by atoms with Crippen LogP contribution in [0.15, 0.2) is 0 Å². The molecule has 1 rings (SSSR count). The van der Waals surface area contributed by atoms with Gasteiger partial charge in [0.05, 0.1) is 0 Å². The molecule has 1 aliphatic rings. The van der Waals surface area contributed by atoms with E-state index in [4.69, 9.17) is 0 Å². The van der Waals surface area contributed by atoms with Gasteiger partial charge in [-0.15, -0.1) is 0 Å². The van der Waals surface area contributed by atoms with Crippen LogP contribution in [0.1, 0.15) is 99.3 Å². The van der Waals surface area contributed by atoms with Gasteiger partial charge in [0.1, 0.15) is 0 Å². The summed E-state index contributed by atoms with van der Waals surface area (Å²) in [4.78, 5) is 0. The monoisotopic (exact) mass is 280 g/mol. The molecule has 0 heterocycles. The van der Waals surface area contributed by atoms with E-state index in [1.165, 1.54) is 57.8 Å². The molecule has 120 valence electrons. The van der Waals surface area contributed by atoms with E-state index in [0.29, 0.717) is 5.41 Å². The molecule has 0 heteroatoms. The minimum atomic E-state index is 0.623. The fourth-order valence-electron chi connectivity index (χ4n) is 5.34. The summed E-state index contributed by atoms with van der Waals surface area (Å²) in [7, 11) is 0. The van der Waals surface area contributed by atoms with Gasteiger partial charge in [-0.25, -0.2) is 0 Å². The van der Waals surface area contributed by atoms with Crippen molar-refractivity contribution in [2.24, 2.45) is 29.1 Å². The summed E-state index contributed by atoms with van der Waals surface area (Å²) in [5.74, 6) is 3.80. The van der Waals surface area contributed by atoms with Crippen LogP contribution in [0.5, 0.6) is 0 Å². The Balaban J connectivity index is 2.99. The average molecular weight is 281 g/mol. The Hall–Kier alpha value is 0. The summed E-state index contributed by atoms with van der Waals surface area (Å²) in [6.07, 6.45) is 12.9. The Morgan fingerprint density at radius 3 is 2.00 bits per heavy atom. The zero-order valence-electron chi connectivity index (χ0n) is 15.2. The average Bonchev–Trinajstić information content (AvgIpc) is 2.50. The van der Waals surface area contributed by atoms with E-state index >= 15 is 0 Å². The third kappa shape index (κ3) is 3.80. The van der Waals surface area contributed by atoms with Crippen molar-refractivity contribution >= 4 is 0 Å². The first-order valence-electron chi connectivity index (χ1n) is 9.55. The van der Waals surface area contributed by atoms with Crippen LogP contribution in [-0.2, 0) is 0 Å². The minimum absolute atomic E-state index is 0.623. The highest BCUT2D eigenvalue weighted by Crippen LogP contribution is 2.50. The van der Waals surface area contributed by atoms with E-state index in [1.807, 2.05) is 0 Å². The molecule has 0 amide bonds. The molecule has 1 fully saturated rings. The van der Waals surface area contributed by atoms with Crippen LogP contribution >= 0.6 is 0 Å². The third-order valence-corrected chi connectivity index (χ3v) is 7.02. The molecule has 0 aromatic heterocycles. The maximum absolute atomic E-state index is 2.57. The number of hydrogen-bond acceptors (Lipinski definition) is 0. The minimum Gasteiger partial charge on any atom is -0.0654 e. The fraction of sp³-hybridized carbons (Fsp3) is 1.00. The van der Waals surface area contributed by atoms with Gasteiger partial charge in [-0.2, -0.15) is 0 Å². The van der Waals surface area contributed by atoms with Gasteiger partial charge < -0.3 is 0 Å². The molecule has 4 unspecified atom stereocenters. The summed E-state index contributed by atoms with van der Waals surface area (Å²) in [5, 5.41) is 0. The highest BCUT2D eigenvalue weighted by atomic mass is 14.5. The molecular formula is C20H40. The molecular weight excluding hydrogens is 240 g/mol. The summed E-state index contributed by atoms with van der Waals surface area (Å²) >= 11 is 0. The Bertz CT molecular complexity index is 251. The molecule has 0 spiro atoms. The van der Waals surface area contributed by atoms with Crippen molar-refractivity contribution in [3.63, 3.8) is 0 Å². The van der Waals surface area contributed by atoms with Gasteiger partial charge in [0, 0.05) is 0 Å². The lowest BCUT2D eigenvalue weighted by atomic mass is 9.60. The van der Waals surface area contributed by atoms with E-state index in [2.05, 4.69) is 41.5 Å². The molecule has 0 aromatic carbocycles. The highest BCUT2D eigenvalue weighted by molar-refractivity contribution is 4.90. The number of rotatable bonds is 5. The Kier molecular flexibility index (Phi) is 7.62. The first-order chi connectivity index (χ1) is 9.55. The van der Waals surface area contributed by atoms with Crippen molar-refractivity contribution in [3.05, 3.63) is 0 Å². The molecule has 1 saturated carbocycles. The van der Waals surface area contributed by atoms with E-state index in [9.17, 15) is 0 Å². The topological polar surface area (TPSA) is 0 Å². The zero-order valence-corrected chi connectivity index (χ0v) is 15.2. The smallest absolute Gasteiger partial charge is 0.0249 e. The van der Waals surface area contributed by atoms with Crippen LogP contribution < -0.4 is 0 Å². The number of hydrogen-bond donors (Lipinski definition) is 0. The van der Waals surface area contributed by atoms with Crippen molar-refractivity contribution in [2.75, 3.05) is 0 Å². The van der Waals surface area contributed by atoms with Crippen molar-refractivity contribution in [3.8, 4) is 0 Å². The lowest BCUT2D eigenvalue weighted by Gasteiger charge is -2.45. The predicted octanol–water partition coefficient (Wildman–Crippen LogP) is 7.08. The van der Waals surface area contributed by atoms with Gasteiger partial charge in [-0.1, -0.05) is 67.2 Å². The van der Waals surface area contributed by atoms with Crippen LogP contribution in [0, 0.1) is 29.1 Å². The predicted molar refractivity (Wildman–Crippen MR) is 92.0 cm³/mol. The second kappa shape index (κ2) is 8.44. The molecule has 4 atom stereocenters. The van der Waals surface area contributed by atoms with Gasteiger partial charge >= 0.3 is 0 Å². The van der Waals surface area contributed by atoms with Crippen molar-refractivity contribution in [2.45, 2.75) is 99.3 Å². The molecule has 0 N–H and O–H groups in total.